The molecule has 0 fully saturated rings. The number of fused-ring (bicyclic) bond motifs is 1. The fourth-order valence-electron chi connectivity index (χ4n) is 1.16. The quantitative estimate of drug-likeness (QED) is 0.661. The molecule has 0 saturated heterocycles. The fraction of sp³-hybridized carbons (Fsp3) is 0.444. The van der Waals surface area contributed by atoms with Gasteiger partial charge in [-0.2, -0.15) is 4.98 Å². The number of hydrogen-bond acceptors (Lipinski definition) is 9. The molecule has 1 amide bonds. The number of ether oxygens (including phenoxy) is 1. The number of hydrazine groups is 1. The molecule has 0 spiro atoms. The summed E-state index contributed by atoms with van der Waals surface area (Å²) in [5, 5.41) is 6.99. The standard InChI is InChI=1S/C9H13N7O3/c1-9(2,3)18-8(17)14-13-5-4(10)11-6-7(12-5)16-19-15-6/h1-3H3,(H,14,17)(H2,10,11,15)(H,12,13,16). The van der Waals surface area contributed by atoms with Gasteiger partial charge in [0.2, 0.25) is 11.3 Å². The smallest absolute Gasteiger partial charge is 0.426 e. The van der Waals surface area contributed by atoms with E-state index in [9.17, 15) is 4.79 Å². The molecule has 0 unspecified atom stereocenters. The second-order valence-corrected chi connectivity index (χ2v) is 4.62. The van der Waals surface area contributed by atoms with Crippen molar-refractivity contribution >= 4 is 29.0 Å². The summed E-state index contributed by atoms with van der Waals surface area (Å²) in [5.41, 5.74) is 10.1. The number of hydrogen-bond donors (Lipinski definition) is 3. The molecule has 0 aromatic carbocycles. The highest BCUT2D eigenvalue weighted by Crippen LogP contribution is 2.15. The first-order valence-corrected chi connectivity index (χ1v) is 5.36. The largest absolute Gasteiger partial charge is 0.443 e. The van der Waals surface area contributed by atoms with Gasteiger partial charge in [-0.15, -0.1) is 0 Å². The number of carbonyl (C=O) groups excluding carboxylic acids is 1. The van der Waals surface area contributed by atoms with Crippen LogP contribution in [0.25, 0.3) is 11.3 Å². The Morgan fingerprint density at radius 2 is 1.89 bits per heavy atom. The van der Waals surface area contributed by atoms with Crippen LogP contribution < -0.4 is 16.6 Å². The zero-order valence-corrected chi connectivity index (χ0v) is 10.6. The number of anilines is 2. The number of nitrogens with zero attached hydrogens (tertiary/aromatic N) is 4. The maximum atomic E-state index is 11.4. The van der Waals surface area contributed by atoms with E-state index in [1.54, 1.807) is 20.8 Å². The van der Waals surface area contributed by atoms with Crippen molar-refractivity contribution in [2.45, 2.75) is 26.4 Å². The molecular formula is C9H13N7O3. The van der Waals surface area contributed by atoms with Crippen LogP contribution in [-0.2, 0) is 4.74 Å². The van der Waals surface area contributed by atoms with E-state index >= 15 is 0 Å². The summed E-state index contributed by atoms with van der Waals surface area (Å²) in [4.78, 5) is 19.3. The van der Waals surface area contributed by atoms with E-state index in [1.807, 2.05) is 0 Å². The van der Waals surface area contributed by atoms with Crippen molar-refractivity contribution in [2.24, 2.45) is 0 Å². The Labute approximate surface area is 107 Å². The van der Waals surface area contributed by atoms with Crippen molar-refractivity contribution in [1.82, 2.24) is 25.7 Å². The van der Waals surface area contributed by atoms with E-state index in [4.69, 9.17) is 10.5 Å². The molecular weight excluding hydrogens is 254 g/mol. The van der Waals surface area contributed by atoms with Crippen molar-refractivity contribution in [3.63, 3.8) is 0 Å². The van der Waals surface area contributed by atoms with Crippen molar-refractivity contribution in [1.29, 1.82) is 0 Å². The molecule has 0 aliphatic carbocycles. The number of nitrogens with one attached hydrogen (secondary N) is 2. The topological polar surface area (TPSA) is 141 Å². The Bertz CT molecular complexity index is 603. The van der Waals surface area contributed by atoms with Crippen LogP contribution in [0.3, 0.4) is 0 Å². The van der Waals surface area contributed by atoms with E-state index in [0.29, 0.717) is 0 Å². The first-order chi connectivity index (χ1) is 8.85. The summed E-state index contributed by atoms with van der Waals surface area (Å²) in [6.45, 7) is 5.23. The van der Waals surface area contributed by atoms with Gasteiger partial charge in [0.05, 0.1) is 0 Å². The van der Waals surface area contributed by atoms with Gasteiger partial charge in [0.15, 0.2) is 11.6 Å². The normalized spacial score (nSPS) is 11.3. The minimum atomic E-state index is -0.674. The Morgan fingerprint density at radius 1 is 1.26 bits per heavy atom. The van der Waals surface area contributed by atoms with Crippen LogP contribution >= 0.6 is 0 Å². The molecule has 0 atom stereocenters. The summed E-state index contributed by atoms with van der Waals surface area (Å²) < 4.78 is 9.47. The SMILES string of the molecule is CC(C)(C)OC(=O)NNc1nc2nonc2nc1N. The van der Waals surface area contributed by atoms with E-state index in [0.717, 1.165) is 0 Å². The molecule has 10 nitrogen and oxygen atoms in total. The maximum absolute atomic E-state index is 11.4. The molecule has 0 bridgehead atoms. The molecule has 2 aromatic rings. The molecule has 0 saturated carbocycles. The van der Waals surface area contributed by atoms with Gasteiger partial charge in [-0.1, -0.05) is 0 Å². The molecule has 0 radical (unpaired) electrons. The van der Waals surface area contributed by atoms with Gasteiger partial charge in [0.25, 0.3) is 0 Å². The van der Waals surface area contributed by atoms with Gasteiger partial charge >= 0.3 is 6.09 Å². The van der Waals surface area contributed by atoms with Crippen LogP contribution in [0.2, 0.25) is 0 Å². The van der Waals surface area contributed by atoms with E-state index < -0.39 is 11.7 Å². The Hall–Kier alpha value is -2.65. The monoisotopic (exact) mass is 267 g/mol. The molecule has 102 valence electrons. The molecule has 2 rings (SSSR count). The number of aromatic nitrogens is 4. The first kappa shape index (κ1) is 12.8. The molecule has 19 heavy (non-hydrogen) atoms. The third-order valence-electron chi connectivity index (χ3n) is 1.82. The van der Waals surface area contributed by atoms with Crippen LogP contribution in [0, 0.1) is 0 Å². The molecule has 2 heterocycles. The predicted molar refractivity (Wildman–Crippen MR) is 64.8 cm³/mol. The summed E-state index contributed by atoms with van der Waals surface area (Å²) in [6, 6.07) is 0. The van der Waals surface area contributed by atoms with Gasteiger partial charge in [-0.25, -0.2) is 19.8 Å². The number of rotatable bonds is 2. The second kappa shape index (κ2) is 4.55. The van der Waals surface area contributed by atoms with Crippen LogP contribution in [0.15, 0.2) is 4.63 Å². The van der Waals surface area contributed by atoms with E-state index in [-0.39, 0.29) is 22.9 Å². The Morgan fingerprint density at radius 3 is 2.53 bits per heavy atom. The fourth-order valence-corrected chi connectivity index (χ4v) is 1.16. The highest BCUT2D eigenvalue weighted by Gasteiger charge is 2.17. The average Bonchev–Trinajstić information content (AvgIpc) is 2.70. The lowest BCUT2D eigenvalue weighted by molar-refractivity contribution is 0.0541. The lowest BCUT2D eigenvalue weighted by atomic mass is 10.2. The van der Waals surface area contributed by atoms with Crippen molar-refractivity contribution in [2.75, 3.05) is 11.2 Å². The van der Waals surface area contributed by atoms with Gasteiger partial charge in [0.1, 0.15) is 5.60 Å². The summed E-state index contributed by atoms with van der Waals surface area (Å²) >= 11 is 0. The van der Waals surface area contributed by atoms with Crippen LogP contribution in [0.5, 0.6) is 0 Å². The van der Waals surface area contributed by atoms with Crippen molar-refractivity contribution in [3.8, 4) is 0 Å². The zero-order chi connectivity index (χ0) is 14.0. The second-order valence-electron chi connectivity index (χ2n) is 4.62. The minimum absolute atomic E-state index is 0.0410. The van der Waals surface area contributed by atoms with E-state index in [1.165, 1.54) is 0 Å². The zero-order valence-electron chi connectivity index (χ0n) is 10.6. The number of nitrogens with two attached hydrogens (primary N) is 1. The van der Waals surface area contributed by atoms with Crippen molar-refractivity contribution < 1.29 is 14.2 Å². The predicted octanol–water partition coefficient (Wildman–Crippen LogP) is 0.447. The lowest BCUT2D eigenvalue weighted by Crippen LogP contribution is -2.36. The molecule has 2 aromatic heterocycles. The summed E-state index contributed by atoms with van der Waals surface area (Å²) in [6.07, 6.45) is -0.674. The molecule has 10 heteroatoms. The Kier molecular flexibility index (Phi) is 3.07. The molecule has 0 aliphatic heterocycles. The van der Waals surface area contributed by atoms with Gasteiger partial charge in [-0.3, -0.25) is 5.43 Å². The third kappa shape index (κ3) is 3.18. The minimum Gasteiger partial charge on any atom is -0.443 e. The van der Waals surface area contributed by atoms with Crippen LogP contribution in [0.1, 0.15) is 20.8 Å². The lowest BCUT2D eigenvalue weighted by Gasteiger charge is -2.19. The number of nitrogen functional groups attached to an aromatic ring is 1. The van der Waals surface area contributed by atoms with Gasteiger partial charge < -0.3 is 10.5 Å². The summed E-state index contributed by atoms with van der Waals surface area (Å²) in [7, 11) is 0. The number of carbonyl (C=O) groups is 1. The third-order valence-corrected chi connectivity index (χ3v) is 1.82. The molecule has 0 aliphatic rings. The van der Waals surface area contributed by atoms with E-state index in [2.05, 4.69) is 35.8 Å². The highest BCUT2D eigenvalue weighted by atomic mass is 16.6. The summed E-state index contributed by atoms with van der Waals surface area (Å²) in [5.74, 6) is 0.160. The average molecular weight is 267 g/mol. The maximum Gasteiger partial charge on any atom is 0.426 e. The van der Waals surface area contributed by atoms with Crippen molar-refractivity contribution in [3.05, 3.63) is 0 Å². The van der Waals surface area contributed by atoms with Crippen LogP contribution in [0.4, 0.5) is 16.4 Å². The molecule has 4 N–H and O–H groups in total. The number of amides is 1. The van der Waals surface area contributed by atoms with Gasteiger partial charge in [0, 0.05) is 0 Å². The highest BCUT2D eigenvalue weighted by molar-refractivity contribution is 5.74. The Balaban J connectivity index is 2.05. The van der Waals surface area contributed by atoms with Crippen LogP contribution in [-0.4, -0.2) is 32.0 Å². The van der Waals surface area contributed by atoms with Gasteiger partial charge in [-0.05, 0) is 31.1 Å². The first-order valence-electron chi connectivity index (χ1n) is 5.36.